The van der Waals surface area contributed by atoms with Gasteiger partial charge in [0.05, 0.1) is 36.5 Å². The standard InChI is InChI=1S/C16H19N3O6S/c1-24-15-5-4-13(7-14(15)16(20)21)26(22,23)18-11-8-17-19(9-11)10-12-3-2-6-25-12/h4-5,7-9,12,18H,2-3,6,10H2,1H3,(H,20,21). The first-order valence-electron chi connectivity index (χ1n) is 7.97. The summed E-state index contributed by atoms with van der Waals surface area (Å²) in [6, 6.07) is 3.64. The van der Waals surface area contributed by atoms with E-state index in [1.165, 1.54) is 25.4 Å². The van der Waals surface area contributed by atoms with Gasteiger partial charge in [-0.1, -0.05) is 0 Å². The number of benzene rings is 1. The zero-order valence-corrected chi connectivity index (χ0v) is 14.9. The molecule has 1 atom stereocenters. The molecule has 1 fully saturated rings. The Hall–Kier alpha value is -2.59. The zero-order valence-electron chi connectivity index (χ0n) is 14.1. The van der Waals surface area contributed by atoms with Gasteiger partial charge >= 0.3 is 5.97 Å². The normalized spacial score (nSPS) is 17.2. The summed E-state index contributed by atoms with van der Waals surface area (Å²) < 4.78 is 39.5. The summed E-state index contributed by atoms with van der Waals surface area (Å²) in [5.41, 5.74) is 0.0557. The summed E-state index contributed by atoms with van der Waals surface area (Å²) in [4.78, 5) is 11.1. The van der Waals surface area contributed by atoms with Gasteiger partial charge in [0.25, 0.3) is 10.0 Å². The number of aromatic nitrogens is 2. The van der Waals surface area contributed by atoms with Crippen LogP contribution in [0.2, 0.25) is 0 Å². The van der Waals surface area contributed by atoms with Gasteiger partial charge in [0.2, 0.25) is 0 Å². The molecule has 2 N–H and O–H groups in total. The Bertz CT molecular complexity index is 902. The largest absolute Gasteiger partial charge is 0.496 e. The Morgan fingerprint density at radius 2 is 2.31 bits per heavy atom. The minimum absolute atomic E-state index is 0.0825. The lowest BCUT2D eigenvalue weighted by Crippen LogP contribution is -2.15. The summed E-state index contributed by atoms with van der Waals surface area (Å²) in [5, 5.41) is 13.3. The highest BCUT2D eigenvalue weighted by molar-refractivity contribution is 7.92. The second kappa shape index (κ2) is 7.34. The Labute approximate surface area is 150 Å². The van der Waals surface area contributed by atoms with Gasteiger partial charge in [-0.25, -0.2) is 13.2 Å². The second-order valence-corrected chi connectivity index (χ2v) is 7.54. The Morgan fingerprint density at radius 3 is 2.96 bits per heavy atom. The van der Waals surface area contributed by atoms with Gasteiger partial charge in [-0.3, -0.25) is 9.40 Å². The number of carboxylic acids is 1. The first-order valence-corrected chi connectivity index (χ1v) is 9.45. The minimum Gasteiger partial charge on any atom is -0.496 e. The molecule has 140 valence electrons. The molecule has 1 aromatic heterocycles. The number of sulfonamides is 1. The van der Waals surface area contributed by atoms with Crippen LogP contribution < -0.4 is 9.46 Å². The SMILES string of the molecule is COc1ccc(S(=O)(=O)Nc2cnn(CC3CCCO3)c2)cc1C(=O)O. The number of hydrogen-bond donors (Lipinski definition) is 2. The zero-order chi connectivity index (χ0) is 18.7. The molecule has 26 heavy (non-hydrogen) atoms. The molecule has 10 heteroatoms. The number of carboxylic acid groups (broad SMARTS) is 1. The summed E-state index contributed by atoms with van der Waals surface area (Å²) in [5.74, 6) is -1.19. The van der Waals surface area contributed by atoms with Crippen LogP contribution >= 0.6 is 0 Å². The van der Waals surface area contributed by atoms with E-state index in [1.807, 2.05) is 0 Å². The molecule has 9 nitrogen and oxygen atoms in total. The molecule has 0 aliphatic carbocycles. The van der Waals surface area contributed by atoms with E-state index >= 15 is 0 Å². The van der Waals surface area contributed by atoms with Crippen molar-refractivity contribution in [2.24, 2.45) is 0 Å². The fourth-order valence-corrected chi connectivity index (χ4v) is 3.80. The number of anilines is 1. The van der Waals surface area contributed by atoms with Crippen LogP contribution in [-0.2, 0) is 21.3 Å². The van der Waals surface area contributed by atoms with E-state index in [1.54, 1.807) is 10.9 Å². The van der Waals surface area contributed by atoms with Gasteiger partial charge < -0.3 is 14.6 Å². The van der Waals surface area contributed by atoms with Crippen LogP contribution in [0.5, 0.6) is 5.75 Å². The second-order valence-electron chi connectivity index (χ2n) is 5.86. The lowest BCUT2D eigenvalue weighted by molar-refractivity contribution is 0.0693. The van der Waals surface area contributed by atoms with E-state index in [2.05, 4.69) is 9.82 Å². The van der Waals surface area contributed by atoms with Gasteiger partial charge in [0, 0.05) is 12.8 Å². The highest BCUT2D eigenvalue weighted by Gasteiger charge is 2.21. The van der Waals surface area contributed by atoms with E-state index in [4.69, 9.17) is 9.47 Å². The third-order valence-corrected chi connectivity index (χ3v) is 5.39. The number of ether oxygens (including phenoxy) is 2. The fourth-order valence-electron chi connectivity index (χ4n) is 2.75. The Morgan fingerprint density at radius 1 is 1.50 bits per heavy atom. The van der Waals surface area contributed by atoms with Crippen molar-refractivity contribution < 1.29 is 27.8 Å². The molecule has 0 bridgehead atoms. The highest BCUT2D eigenvalue weighted by Crippen LogP contribution is 2.24. The van der Waals surface area contributed by atoms with Crippen molar-refractivity contribution in [2.75, 3.05) is 18.4 Å². The first kappa shape index (κ1) is 18.2. The van der Waals surface area contributed by atoms with Crippen LogP contribution in [0, 0.1) is 0 Å². The first-order chi connectivity index (χ1) is 12.4. The molecule has 1 aromatic carbocycles. The molecule has 0 saturated carbocycles. The molecule has 0 radical (unpaired) electrons. The van der Waals surface area contributed by atoms with Crippen molar-refractivity contribution in [2.45, 2.75) is 30.4 Å². The predicted octanol–water partition coefficient (Wildman–Crippen LogP) is 1.57. The van der Waals surface area contributed by atoms with Crippen molar-refractivity contribution in [3.63, 3.8) is 0 Å². The molecular weight excluding hydrogens is 362 g/mol. The maximum absolute atomic E-state index is 12.5. The summed E-state index contributed by atoms with van der Waals surface area (Å²) >= 11 is 0. The summed E-state index contributed by atoms with van der Waals surface area (Å²) in [7, 11) is -2.65. The van der Waals surface area contributed by atoms with Gasteiger partial charge in [-0.2, -0.15) is 5.10 Å². The third-order valence-electron chi connectivity index (χ3n) is 4.01. The van der Waals surface area contributed by atoms with Gasteiger partial charge in [-0.15, -0.1) is 0 Å². The number of hydrogen-bond acceptors (Lipinski definition) is 6. The highest BCUT2D eigenvalue weighted by atomic mass is 32.2. The van der Waals surface area contributed by atoms with Crippen LogP contribution in [-0.4, -0.2) is 49.1 Å². The summed E-state index contributed by atoms with van der Waals surface area (Å²) in [6.07, 6.45) is 5.01. The predicted molar refractivity (Wildman–Crippen MR) is 92.0 cm³/mol. The van der Waals surface area contributed by atoms with Crippen molar-refractivity contribution in [3.8, 4) is 5.75 Å². The van der Waals surface area contributed by atoms with E-state index in [9.17, 15) is 18.3 Å². The monoisotopic (exact) mass is 381 g/mol. The van der Waals surface area contributed by atoms with Crippen molar-refractivity contribution in [1.82, 2.24) is 9.78 Å². The molecule has 1 aliphatic rings. The number of nitrogens with one attached hydrogen (secondary N) is 1. The molecule has 0 amide bonds. The van der Waals surface area contributed by atoms with Crippen LogP contribution in [0.4, 0.5) is 5.69 Å². The molecule has 2 aromatic rings. The minimum atomic E-state index is -3.96. The lowest BCUT2D eigenvalue weighted by Gasteiger charge is -2.10. The molecule has 3 rings (SSSR count). The van der Waals surface area contributed by atoms with Crippen molar-refractivity contribution in [3.05, 3.63) is 36.2 Å². The quantitative estimate of drug-likeness (QED) is 0.747. The summed E-state index contributed by atoms with van der Waals surface area (Å²) in [6.45, 7) is 1.28. The Balaban J connectivity index is 1.77. The van der Waals surface area contributed by atoms with E-state index in [0.717, 1.165) is 25.5 Å². The average Bonchev–Trinajstić information content (AvgIpc) is 3.26. The third kappa shape index (κ3) is 3.97. The molecule has 0 spiro atoms. The number of rotatable bonds is 7. The molecular formula is C16H19N3O6S. The maximum atomic E-state index is 12.5. The topological polar surface area (TPSA) is 120 Å². The number of nitrogens with zero attached hydrogens (tertiary/aromatic N) is 2. The van der Waals surface area contributed by atoms with Gasteiger partial charge in [-0.05, 0) is 31.0 Å². The van der Waals surface area contributed by atoms with Crippen molar-refractivity contribution >= 4 is 21.7 Å². The maximum Gasteiger partial charge on any atom is 0.339 e. The van der Waals surface area contributed by atoms with E-state index in [-0.39, 0.29) is 28.0 Å². The van der Waals surface area contributed by atoms with Crippen LogP contribution in [0.3, 0.4) is 0 Å². The van der Waals surface area contributed by atoms with Gasteiger partial charge in [0.1, 0.15) is 11.3 Å². The van der Waals surface area contributed by atoms with Gasteiger partial charge in [0.15, 0.2) is 0 Å². The van der Waals surface area contributed by atoms with E-state index < -0.39 is 16.0 Å². The molecule has 1 saturated heterocycles. The lowest BCUT2D eigenvalue weighted by atomic mass is 10.2. The fraction of sp³-hybridized carbons (Fsp3) is 0.375. The van der Waals surface area contributed by atoms with Crippen LogP contribution in [0.25, 0.3) is 0 Å². The molecule has 1 aliphatic heterocycles. The molecule has 1 unspecified atom stereocenters. The average molecular weight is 381 g/mol. The van der Waals surface area contributed by atoms with Crippen LogP contribution in [0.1, 0.15) is 23.2 Å². The van der Waals surface area contributed by atoms with E-state index in [0.29, 0.717) is 6.54 Å². The molecule has 2 heterocycles. The number of methoxy groups -OCH3 is 1. The number of carbonyl (C=O) groups is 1. The van der Waals surface area contributed by atoms with Crippen LogP contribution in [0.15, 0.2) is 35.5 Å². The smallest absolute Gasteiger partial charge is 0.339 e. The van der Waals surface area contributed by atoms with Crippen molar-refractivity contribution in [1.29, 1.82) is 0 Å². The Kier molecular flexibility index (Phi) is 5.14. The number of aromatic carboxylic acids is 1.